The van der Waals surface area contributed by atoms with E-state index in [2.05, 4.69) is 35.6 Å². The molecule has 1 amide bonds. The molecule has 1 heterocycles. The fourth-order valence-electron chi connectivity index (χ4n) is 4.15. The molecule has 0 atom stereocenters. The van der Waals surface area contributed by atoms with Crippen LogP contribution in [0.4, 0.5) is 10.1 Å². The predicted octanol–water partition coefficient (Wildman–Crippen LogP) is 8.10. The Morgan fingerprint density at radius 2 is 1.83 bits per heavy atom. The van der Waals surface area contributed by atoms with E-state index in [9.17, 15) is 9.18 Å². The van der Waals surface area contributed by atoms with Gasteiger partial charge < -0.3 is 14.5 Å². The number of fused-ring (bicyclic) bond motifs is 2. The van der Waals surface area contributed by atoms with E-state index in [1.807, 2.05) is 24.3 Å². The van der Waals surface area contributed by atoms with Crippen molar-refractivity contribution in [2.45, 2.75) is 6.92 Å². The number of methoxy groups -OCH3 is 1. The molecule has 0 bridgehead atoms. The largest absolute Gasteiger partial charge is 0.496 e. The average Bonchev–Trinajstić information content (AvgIpc) is 3.27. The number of nitrogens with one attached hydrogen (secondary N) is 1. The molecule has 0 saturated heterocycles. The van der Waals surface area contributed by atoms with E-state index in [1.54, 1.807) is 20.3 Å². The van der Waals surface area contributed by atoms with Crippen molar-refractivity contribution in [1.29, 1.82) is 0 Å². The molecule has 174 valence electrons. The number of hydrogen-bond acceptors (Lipinski definition) is 3. The van der Waals surface area contributed by atoms with Gasteiger partial charge >= 0.3 is 0 Å². The van der Waals surface area contributed by atoms with Crippen LogP contribution >= 0.6 is 11.6 Å². The molecule has 35 heavy (non-hydrogen) atoms. The van der Waals surface area contributed by atoms with Gasteiger partial charge in [0.25, 0.3) is 0 Å². The minimum absolute atomic E-state index is 0.0549. The van der Waals surface area contributed by atoms with Gasteiger partial charge in [-0.15, -0.1) is 0 Å². The van der Waals surface area contributed by atoms with E-state index >= 15 is 0 Å². The highest BCUT2D eigenvalue weighted by atomic mass is 35.5. The van der Waals surface area contributed by atoms with Crippen molar-refractivity contribution in [3.8, 4) is 16.9 Å². The quantitative estimate of drug-likeness (QED) is 0.256. The summed E-state index contributed by atoms with van der Waals surface area (Å²) in [6, 6.07) is 22.3. The number of benzene rings is 4. The normalized spacial score (nSPS) is 11.7. The van der Waals surface area contributed by atoms with Crippen LogP contribution in [-0.4, -0.2) is 13.0 Å². The summed E-state index contributed by atoms with van der Waals surface area (Å²) in [6.45, 7) is 1.80. The van der Waals surface area contributed by atoms with Gasteiger partial charge in [-0.1, -0.05) is 48.0 Å². The Morgan fingerprint density at radius 3 is 2.60 bits per heavy atom. The second-order valence-corrected chi connectivity index (χ2v) is 8.64. The zero-order valence-corrected chi connectivity index (χ0v) is 19.8. The van der Waals surface area contributed by atoms with Crippen LogP contribution in [0, 0.1) is 5.82 Å². The van der Waals surface area contributed by atoms with Gasteiger partial charge in [0.1, 0.15) is 17.1 Å². The van der Waals surface area contributed by atoms with Crippen LogP contribution in [0.15, 0.2) is 89.6 Å². The zero-order valence-electron chi connectivity index (χ0n) is 19.1. The molecule has 5 aromatic rings. The molecule has 5 rings (SSSR count). The van der Waals surface area contributed by atoms with Gasteiger partial charge in [-0.3, -0.25) is 4.79 Å². The van der Waals surface area contributed by atoms with Gasteiger partial charge in [-0.05, 0) is 59.2 Å². The lowest BCUT2D eigenvalue weighted by molar-refractivity contribution is -0.111. The molecule has 1 N–H and O–H groups in total. The minimum Gasteiger partial charge on any atom is -0.496 e. The Bertz CT molecular complexity index is 1620. The molecule has 1 aromatic heterocycles. The van der Waals surface area contributed by atoms with E-state index in [-0.39, 0.29) is 10.7 Å². The predicted molar refractivity (Wildman–Crippen MR) is 139 cm³/mol. The van der Waals surface area contributed by atoms with Crippen LogP contribution in [0.5, 0.6) is 5.75 Å². The summed E-state index contributed by atoms with van der Waals surface area (Å²) in [5.41, 5.74) is 4.08. The number of allylic oxidation sites excluding steroid dienone is 1. The maximum atomic E-state index is 14.1. The smallest absolute Gasteiger partial charge is 0.248 e. The second-order valence-electron chi connectivity index (χ2n) is 8.20. The lowest BCUT2D eigenvalue weighted by Crippen LogP contribution is -2.10. The summed E-state index contributed by atoms with van der Waals surface area (Å²) in [5, 5.41) is 6.00. The second kappa shape index (κ2) is 9.28. The van der Waals surface area contributed by atoms with Crippen LogP contribution in [0.3, 0.4) is 0 Å². The van der Waals surface area contributed by atoms with Crippen LogP contribution in [0.1, 0.15) is 12.5 Å². The molecule has 0 aliphatic carbocycles. The molecule has 0 saturated carbocycles. The molecule has 6 heteroatoms. The fraction of sp³-hybridized carbons (Fsp3) is 0.0690. The van der Waals surface area contributed by atoms with E-state index in [4.69, 9.17) is 20.8 Å². The van der Waals surface area contributed by atoms with Gasteiger partial charge in [0.15, 0.2) is 0 Å². The molecule has 0 fully saturated rings. The Kier molecular flexibility index (Phi) is 6.01. The molecule has 0 spiro atoms. The number of carbonyl (C=O) groups is 1. The van der Waals surface area contributed by atoms with Crippen LogP contribution in [0.2, 0.25) is 5.02 Å². The van der Waals surface area contributed by atoms with Crippen molar-refractivity contribution in [1.82, 2.24) is 0 Å². The lowest BCUT2D eigenvalue weighted by atomic mass is 9.97. The van der Waals surface area contributed by atoms with Gasteiger partial charge in [-0.25, -0.2) is 4.39 Å². The number of rotatable bonds is 5. The summed E-state index contributed by atoms with van der Waals surface area (Å²) in [6.07, 6.45) is 3.14. The minimum atomic E-state index is -0.602. The number of hydrogen-bond donors (Lipinski definition) is 1. The molecule has 0 unspecified atom stereocenters. The number of anilines is 1. The molecule has 4 aromatic carbocycles. The summed E-state index contributed by atoms with van der Waals surface area (Å²) in [4.78, 5) is 12.6. The van der Waals surface area contributed by atoms with Crippen LogP contribution in [0.25, 0.3) is 38.4 Å². The third kappa shape index (κ3) is 4.51. The third-order valence-corrected chi connectivity index (χ3v) is 6.15. The summed E-state index contributed by atoms with van der Waals surface area (Å²) >= 11 is 5.79. The molecule has 0 radical (unpaired) electrons. The van der Waals surface area contributed by atoms with Crippen LogP contribution < -0.4 is 10.1 Å². The lowest BCUT2D eigenvalue weighted by Gasteiger charge is -2.11. The number of halogens is 2. The standard InChI is InChI=1S/C29H21ClFNO3/c1-17(11-29(33)32-26-10-9-21(30)13-25(26)31)22-14-23-24(16-35-28(23)15-27(22)34-2)20-8-7-18-5-3-4-6-19(18)12-20/h3-16H,1-2H3,(H,32,33)/b17-11+. The maximum absolute atomic E-state index is 14.1. The summed E-state index contributed by atoms with van der Waals surface area (Å²) in [5.74, 6) is -0.502. The SMILES string of the molecule is COc1cc2occ(-c3ccc4ccccc4c3)c2cc1/C(C)=C/C(=O)Nc1ccc(Cl)cc1F. The van der Waals surface area contributed by atoms with E-state index in [0.717, 1.165) is 38.9 Å². The van der Waals surface area contributed by atoms with Crippen molar-refractivity contribution < 1.29 is 18.3 Å². The van der Waals surface area contributed by atoms with Gasteiger partial charge in [0.2, 0.25) is 5.91 Å². The van der Waals surface area contributed by atoms with E-state index in [0.29, 0.717) is 16.9 Å². The summed E-state index contributed by atoms with van der Waals surface area (Å²) in [7, 11) is 1.56. The number of furan rings is 1. The van der Waals surface area contributed by atoms with Crippen molar-refractivity contribution in [3.63, 3.8) is 0 Å². The first-order valence-electron chi connectivity index (χ1n) is 11.0. The van der Waals surface area contributed by atoms with Gasteiger partial charge in [-0.2, -0.15) is 0 Å². The molecule has 0 aliphatic heterocycles. The molecule has 0 aliphatic rings. The van der Waals surface area contributed by atoms with E-state index in [1.165, 1.54) is 18.2 Å². The monoisotopic (exact) mass is 485 g/mol. The molecule has 4 nitrogen and oxygen atoms in total. The van der Waals surface area contributed by atoms with E-state index < -0.39 is 11.7 Å². The zero-order chi connectivity index (χ0) is 24.5. The first kappa shape index (κ1) is 22.7. The Balaban J connectivity index is 1.53. The first-order valence-corrected chi connectivity index (χ1v) is 11.3. The van der Waals surface area contributed by atoms with Crippen molar-refractivity contribution >= 4 is 50.5 Å². The Morgan fingerprint density at radius 1 is 1.03 bits per heavy atom. The third-order valence-electron chi connectivity index (χ3n) is 5.92. The fourth-order valence-corrected chi connectivity index (χ4v) is 4.31. The first-order chi connectivity index (χ1) is 16.9. The van der Waals surface area contributed by atoms with Gasteiger partial charge in [0.05, 0.1) is 19.1 Å². The highest BCUT2D eigenvalue weighted by Gasteiger charge is 2.16. The molecular formula is C29H21ClFNO3. The van der Waals surface area contributed by atoms with Crippen molar-refractivity contribution in [2.75, 3.05) is 12.4 Å². The molecular weight excluding hydrogens is 465 g/mol. The Labute approximate surface area is 206 Å². The van der Waals surface area contributed by atoms with Crippen LogP contribution in [-0.2, 0) is 4.79 Å². The summed E-state index contributed by atoms with van der Waals surface area (Å²) < 4.78 is 25.5. The van der Waals surface area contributed by atoms with Crippen molar-refractivity contribution in [2.24, 2.45) is 0 Å². The number of carbonyl (C=O) groups excluding carboxylic acids is 1. The van der Waals surface area contributed by atoms with Gasteiger partial charge in [0, 0.05) is 33.7 Å². The number of amides is 1. The average molecular weight is 486 g/mol. The number of ether oxygens (including phenoxy) is 1. The highest BCUT2D eigenvalue weighted by molar-refractivity contribution is 6.30. The maximum Gasteiger partial charge on any atom is 0.248 e. The van der Waals surface area contributed by atoms with Crippen molar-refractivity contribution in [3.05, 3.63) is 102 Å². The topological polar surface area (TPSA) is 51.5 Å². The highest BCUT2D eigenvalue weighted by Crippen LogP contribution is 2.38. The Hall–Kier alpha value is -4.09.